The van der Waals surface area contributed by atoms with Gasteiger partial charge in [0, 0.05) is 10.7 Å². The summed E-state index contributed by atoms with van der Waals surface area (Å²) in [7, 11) is -0.513. The first kappa shape index (κ1) is 13.3. The van der Waals surface area contributed by atoms with Crippen molar-refractivity contribution in [3.8, 4) is 0 Å². The van der Waals surface area contributed by atoms with Crippen LogP contribution in [0.4, 0.5) is 0 Å². The fraction of sp³-hybridized carbons (Fsp3) is 0.545. The molecular weight excluding hydrogens is 304 g/mol. The smallest absolute Gasteiger partial charge is 0.398 e. The van der Waals surface area contributed by atoms with E-state index in [4.69, 9.17) is 20.9 Å². The van der Waals surface area contributed by atoms with Crippen LogP contribution in [0.3, 0.4) is 0 Å². The molecule has 0 unspecified atom stereocenters. The van der Waals surface area contributed by atoms with E-state index in [-0.39, 0.29) is 11.2 Å². The monoisotopic (exact) mass is 317 g/mol. The lowest BCUT2D eigenvalue weighted by Crippen LogP contribution is -2.41. The van der Waals surface area contributed by atoms with Gasteiger partial charge < -0.3 is 9.31 Å². The SMILES string of the molecule is CC1(C)OB(c2ncc(Br)cc2Cl)OC1(C)C. The predicted molar refractivity (Wildman–Crippen MR) is 72.7 cm³/mol. The summed E-state index contributed by atoms with van der Waals surface area (Å²) in [6.07, 6.45) is 1.69. The van der Waals surface area contributed by atoms with E-state index in [9.17, 15) is 0 Å². The number of rotatable bonds is 1. The largest absolute Gasteiger partial charge is 0.516 e. The third kappa shape index (κ3) is 2.39. The van der Waals surface area contributed by atoms with Crippen molar-refractivity contribution in [3.63, 3.8) is 0 Å². The molecule has 1 fully saturated rings. The highest BCUT2D eigenvalue weighted by Crippen LogP contribution is 2.36. The van der Waals surface area contributed by atoms with E-state index in [2.05, 4.69) is 20.9 Å². The quantitative estimate of drug-likeness (QED) is 0.746. The van der Waals surface area contributed by atoms with Gasteiger partial charge in [-0.15, -0.1) is 0 Å². The molecule has 0 spiro atoms. The van der Waals surface area contributed by atoms with Crippen LogP contribution in [0.15, 0.2) is 16.7 Å². The molecule has 0 N–H and O–H groups in total. The summed E-state index contributed by atoms with van der Waals surface area (Å²) in [6, 6.07) is 1.79. The summed E-state index contributed by atoms with van der Waals surface area (Å²) < 4.78 is 12.6. The van der Waals surface area contributed by atoms with Crippen molar-refractivity contribution in [1.82, 2.24) is 4.98 Å². The van der Waals surface area contributed by atoms with E-state index in [0.717, 1.165) is 4.47 Å². The van der Waals surface area contributed by atoms with Crippen molar-refractivity contribution in [2.24, 2.45) is 0 Å². The molecular formula is C11H14BBrClNO2. The lowest BCUT2D eigenvalue weighted by atomic mass is 9.84. The van der Waals surface area contributed by atoms with Crippen molar-refractivity contribution >= 4 is 40.2 Å². The van der Waals surface area contributed by atoms with Crippen LogP contribution in [0.5, 0.6) is 0 Å². The number of pyridine rings is 1. The minimum Gasteiger partial charge on any atom is -0.398 e. The highest BCUT2D eigenvalue weighted by atomic mass is 79.9. The van der Waals surface area contributed by atoms with Gasteiger partial charge in [-0.25, -0.2) is 0 Å². The Hall–Kier alpha value is -0.0951. The lowest BCUT2D eigenvalue weighted by Gasteiger charge is -2.32. The average Bonchev–Trinajstić information content (AvgIpc) is 2.35. The molecule has 0 bridgehead atoms. The van der Waals surface area contributed by atoms with Crippen molar-refractivity contribution < 1.29 is 9.31 Å². The second-order valence-corrected chi connectivity index (χ2v) is 6.43. The van der Waals surface area contributed by atoms with Crippen LogP contribution in [-0.4, -0.2) is 23.3 Å². The second kappa shape index (κ2) is 4.23. The van der Waals surface area contributed by atoms with Gasteiger partial charge >= 0.3 is 7.12 Å². The third-order valence-corrected chi connectivity index (χ3v) is 4.05. The van der Waals surface area contributed by atoms with Crippen LogP contribution in [0.25, 0.3) is 0 Å². The number of aromatic nitrogens is 1. The fourth-order valence-electron chi connectivity index (χ4n) is 1.55. The summed E-state index contributed by atoms with van der Waals surface area (Å²) in [5, 5.41) is 0.540. The van der Waals surface area contributed by atoms with Crippen molar-refractivity contribution in [3.05, 3.63) is 21.8 Å². The van der Waals surface area contributed by atoms with E-state index < -0.39 is 7.12 Å². The minimum atomic E-state index is -0.513. The van der Waals surface area contributed by atoms with Crippen molar-refractivity contribution in [2.75, 3.05) is 0 Å². The number of hydrogen-bond acceptors (Lipinski definition) is 3. The number of nitrogens with zero attached hydrogens (tertiary/aromatic N) is 1. The second-order valence-electron chi connectivity index (χ2n) is 5.11. The Morgan fingerprint density at radius 2 is 1.76 bits per heavy atom. The van der Waals surface area contributed by atoms with Gasteiger partial charge in [-0.05, 0) is 49.7 Å². The molecule has 1 aliphatic heterocycles. The van der Waals surface area contributed by atoms with Crippen LogP contribution in [0.2, 0.25) is 5.02 Å². The molecule has 1 saturated heterocycles. The summed E-state index contributed by atoms with van der Waals surface area (Å²) in [5.41, 5.74) is -0.139. The molecule has 6 heteroatoms. The minimum absolute atomic E-state index is 0.379. The van der Waals surface area contributed by atoms with E-state index >= 15 is 0 Å². The van der Waals surface area contributed by atoms with E-state index in [1.807, 2.05) is 27.7 Å². The molecule has 0 radical (unpaired) electrons. The zero-order valence-corrected chi connectivity index (χ0v) is 12.6. The maximum absolute atomic E-state index is 6.14. The van der Waals surface area contributed by atoms with E-state index in [1.54, 1.807) is 12.3 Å². The maximum Gasteiger partial charge on any atom is 0.516 e. The molecule has 0 amide bonds. The fourth-order valence-corrected chi connectivity index (χ4v) is 2.27. The van der Waals surface area contributed by atoms with Gasteiger partial charge in [-0.3, -0.25) is 4.98 Å². The van der Waals surface area contributed by atoms with Gasteiger partial charge in [0.1, 0.15) is 0 Å². The van der Waals surface area contributed by atoms with Gasteiger partial charge in [0.2, 0.25) is 0 Å². The predicted octanol–water partition coefficient (Wildman–Crippen LogP) is 2.80. The Balaban J connectivity index is 2.32. The summed E-state index contributed by atoms with van der Waals surface area (Å²) in [5.74, 6) is 0. The zero-order chi connectivity index (χ0) is 12.8. The first-order chi connectivity index (χ1) is 7.73. The Bertz CT molecular complexity index is 437. The third-order valence-electron chi connectivity index (χ3n) is 3.31. The van der Waals surface area contributed by atoms with E-state index in [0.29, 0.717) is 10.6 Å². The Morgan fingerprint density at radius 3 is 2.24 bits per heavy atom. The van der Waals surface area contributed by atoms with Gasteiger partial charge in [0.25, 0.3) is 0 Å². The lowest BCUT2D eigenvalue weighted by molar-refractivity contribution is 0.00578. The first-order valence-electron chi connectivity index (χ1n) is 5.39. The van der Waals surface area contributed by atoms with Crippen LogP contribution in [-0.2, 0) is 9.31 Å². The molecule has 1 aliphatic rings. The summed E-state index contributed by atoms with van der Waals surface area (Å²) >= 11 is 9.46. The highest BCUT2D eigenvalue weighted by molar-refractivity contribution is 9.10. The first-order valence-corrected chi connectivity index (χ1v) is 6.57. The molecule has 0 aliphatic carbocycles. The van der Waals surface area contributed by atoms with Crippen LogP contribution < -0.4 is 5.59 Å². The molecule has 1 aromatic rings. The Kier molecular flexibility index (Phi) is 3.32. The molecule has 1 aromatic heterocycles. The Morgan fingerprint density at radius 1 is 1.24 bits per heavy atom. The molecule has 0 aromatic carbocycles. The molecule has 2 rings (SSSR count). The summed E-state index contributed by atoms with van der Waals surface area (Å²) in [4.78, 5) is 4.26. The van der Waals surface area contributed by atoms with Crippen LogP contribution in [0, 0.1) is 0 Å². The Labute approximate surface area is 115 Å². The van der Waals surface area contributed by atoms with Crippen LogP contribution >= 0.6 is 27.5 Å². The average molecular weight is 318 g/mol. The molecule has 0 saturated carbocycles. The van der Waals surface area contributed by atoms with Gasteiger partial charge in [-0.1, -0.05) is 11.6 Å². The van der Waals surface area contributed by atoms with Gasteiger partial charge in [0.05, 0.1) is 21.8 Å². The molecule has 3 nitrogen and oxygen atoms in total. The maximum atomic E-state index is 6.14. The molecule has 0 atom stereocenters. The number of halogens is 2. The van der Waals surface area contributed by atoms with Gasteiger partial charge in [-0.2, -0.15) is 0 Å². The summed E-state index contributed by atoms with van der Waals surface area (Å²) in [6.45, 7) is 8.00. The molecule has 2 heterocycles. The molecule has 92 valence electrons. The normalized spacial score (nSPS) is 21.9. The van der Waals surface area contributed by atoms with Crippen LogP contribution in [0.1, 0.15) is 27.7 Å². The van der Waals surface area contributed by atoms with Gasteiger partial charge in [0.15, 0.2) is 0 Å². The number of hydrogen-bond donors (Lipinski definition) is 0. The van der Waals surface area contributed by atoms with Crippen molar-refractivity contribution in [2.45, 2.75) is 38.9 Å². The van der Waals surface area contributed by atoms with E-state index in [1.165, 1.54) is 0 Å². The standard InChI is InChI=1S/C11H14BBrClNO2/c1-10(2)11(3,4)17-12(16-10)9-8(14)5-7(13)6-15-9/h5-6H,1-4H3. The topological polar surface area (TPSA) is 31.4 Å². The van der Waals surface area contributed by atoms with Crippen molar-refractivity contribution in [1.29, 1.82) is 0 Å². The highest BCUT2D eigenvalue weighted by Gasteiger charge is 2.52. The zero-order valence-electron chi connectivity index (χ0n) is 10.3. The molecule has 17 heavy (non-hydrogen) atoms.